The minimum Gasteiger partial charge on any atom is -0.454 e. The van der Waals surface area contributed by atoms with Crippen molar-refractivity contribution in [1.82, 2.24) is 9.88 Å². The maximum atomic E-state index is 13.3. The van der Waals surface area contributed by atoms with Crippen LogP contribution in [0.5, 0.6) is 11.5 Å². The summed E-state index contributed by atoms with van der Waals surface area (Å²) < 4.78 is 11.0. The number of thiophene rings is 1. The molecule has 0 aliphatic carbocycles. The summed E-state index contributed by atoms with van der Waals surface area (Å²) in [5.41, 5.74) is 4.14. The average Bonchev–Trinajstić information content (AvgIpc) is 3.51. The lowest BCUT2D eigenvalue weighted by Gasteiger charge is -2.23. The zero-order chi connectivity index (χ0) is 21.2. The molecule has 2 N–H and O–H groups in total. The number of urea groups is 1. The molecule has 3 heterocycles. The van der Waals surface area contributed by atoms with Crippen molar-refractivity contribution in [2.75, 3.05) is 18.7 Å². The molecule has 5 rings (SSSR count). The van der Waals surface area contributed by atoms with Crippen LogP contribution >= 0.6 is 11.3 Å². The Morgan fingerprint density at radius 3 is 2.90 bits per heavy atom. The zero-order valence-corrected chi connectivity index (χ0v) is 18.0. The first-order valence-electron chi connectivity index (χ1n) is 10.2. The first-order chi connectivity index (χ1) is 15.2. The maximum Gasteiger partial charge on any atom is 0.322 e. The largest absolute Gasteiger partial charge is 0.454 e. The first-order valence-corrected chi connectivity index (χ1v) is 11.1. The van der Waals surface area contributed by atoms with Crippen LogP contribution < -0.4 is 14.8 Å². The number of para-hydroxylation sites is 2. The van der Waals surface area contributed by atoms with Gasteiger partial charge in [-0.15, -0.1) is 11.3 Å². The quantitative estimate of drug-likeness (QED) is 0.419. The summed E-state index contributed by atoms with van der Waals surface area (Å²) in [5, 5.41) is 6.26. The number of aryl methyl sites for hydroxylation is 1. The van der Waals surface area contributed by atoms with E-state index in [0.717, 1.165) is 22.5 Å². The Balaban J connectivity index is 1.37. The Kier molecular flexibility index (Phi) is 5.26. The van der Waals surface area contributed by atoms with Crippen molar-refractivity contribution in [3.63, 3.8) is 0 Å². The van der Waals surface area contributed by atoms with Crippen molar-refractivity contribution in [2.24, 2.45) is 0 Å². The van der Waals surface area contributed by atoms with Gasteiger partial charge < -0.3 is 24.7 Å². The summed E-state index contributed by atoms with van der Waals surface area (Å²) in [4.78, 5) is 19.7. The first kappa shape index (κ1) is 19.5. The van der Waals surface area contributed by atoms with Gasteiger partial charge in [-0.05, 0) is 48.6 Å². The molecule has 158 valence electrons. The molecule has 6 nitrogen and oxygen atoms in total. The van der Waals surface area contributed by atoms with Crippen molar-refractivity contribution in [2.45, 2.75) is 19.9 Å². The summed E-state index contributed by atoms with van der Waals surface area (Å²) >= 11 is 1.65. The van der Waals surface area contributed by atoms with E-state index in [9.17, 15) is 4.79 Å². The second-order valence-electron chi connectivity index (χ2n) is 7.49. The molecule has 7 heteroatoms. The fourth-order valence-electron chi connectivity index (χ4n) is 3.97. The summed E-state index contributed by atoms with van der Waals surface area (Å²) in [6, 6.07) is 17.7. The molecule has 2 aromatic carbocycles. The number of rotatable bonds is 6. The van der Waals surface area contributed by atoms with Crippen LogP contribution in [0.15, 0.2) is 60.0 Å². The highest BCUT2D eigenvalue weighted by molar-refractivity contribution is 7.09. The number of amides is 2. The van der Waals surface area contributed by atoms with E-state index in [-0.39, 0.29) is 12.8 Å². The predicted octanol–water partition coefficient (Wildman–Crippen LogP) is 5.54. The molecule has 4 aromatic rings. The molecule has 0 fully saturated rings. The molecule has 0 bridgehead atoms. The lowest BCUT2D eigenvalue weighted by atomic mass is 10.1. The molecule has 2 aromatic heterocycles. The summed E-state index contributed by atoms with van der Waals surface area (Å²) in [6.07, 6.45) is 0.765. The van der Waals surface area contributed by atoms with Crippen LogP contribution in [0.25, 0.3) is 10.9 Å². The number of hydrogen-bond acceptors (Lipinski definition) is 4. The Morgan fingerprint density at radius 1 is 1.13 bits per heavy atom. The molecule has 0 spiro atoms. The zero-order valence-electron chi connectivity index (χ0n) is 17.2. The Bertz CT molecular complexity index is 1220. The number of carbonyl (C=O) groups excluding carboxylic acids is 1. The molecule has 0 saturated heterocycles. The molecular weight excluding hydrogens is 410 g/mol. The standard InChI is InChI=1S/C24H23N3O3S/c1-16-18(19-7-2-3-8-20(19)25-16)11-12-27(14-17-6-5-13-31-17)24(28)26-21-9-4-10-22-23(21)30-15-29-22/h2-10,13,25H,11-12,14-15H2,1H3,(H,26,28). The van der Waals surface area contributed by atoms with Crippen molar-refractivity contribution < 1.29 is 14.3 Å². The van der Waals surface area contributed by atoms with Crippen molar-refractivity contribution in [3.8, 4) is 11.5 Å². The fraction of sp³-hybridized carbons (Fsp3) is 0.208. The van der Waals surface area contributed by atoms with Crippen molar-refractivity contribution in [1.29, 1.82) is 0 Å². The number of H-pyrrole nitrogens is 1. The monoisotopic (exact) mass is 433 g/mol. The Labute approximate surface area is 184 Å². The van der Waals surface area contributed by atoms with E-state index in [1.807, 2.05) is 46.7 Å². The van der Waals surface area contributed by atoms with Crippen LogP contribution in [0.1, 0.15) is 16.1 Å². The highest BCUT2D eigenvalue weighted by atomic mass is 32.1. The third kappa shape index (κ3) is 3.96. The van der Waals surface area contributed by atoms with E-state index < -0.39 is 0 Å². The Hall–Kier alpha value is -3.45. The van der Waals surface area contributed by atoms with Gasteiger partial charge in [0.05, 0.1) is 12.2 Å². The topological polar surface area (TPSA) is 66.6 Å². The van der Waals surface area contributed by atoms with Gasteiger partial charge >= 0.3 is 6.03 Å². The van der Waals surface area contributed by atoms with Gasteiger partial charge in [-0.2, -0.15) is 0 Å². The van der Waals surface area contributed by atoms with Gasteiger partial charge in [-0.3, -0.25) is 0 Å². The number of anilines is 1. The average molecular weight is 434 g/mol. The van der Waals surface area contributed by atoms with Crippen LogP contribution in [0, 0.1) is 6.92 Å². The number of nitrogens with one attached hydrogen (secondary N) is 2. The van der Waals surface area contributed by atoms with Gasteiger partial charge in [-0.1, -0.05) is 30.3 Å². The second-order valence-corrected chi connectivity index (χ2v) is 8.53. The van der Waals surface area contributed by atoms with E-state index >= 15 is 0 Å². The fourth-order valence-corrected chi connectivity index (χ4v) is 4.69. The van der Waals surface area contributed by atoms with Crippen LogP contribution in [0.2, 0.25) is 0 Å². The molecular formula is C24H23N3O3S. The van der Waals surface area contributed by atoms with Gasteiger partial charge in [0.1, 0.15) is 0 Å². The van der Waals surface area contributed by atoms with Crippen LogP contribution in [-0.2, 0) is 13.0 Å². The highest BCUT2D eigenvalue weighted by Gasteiger charge is 2.22. The van der Waals surface area contributed by atoms with E-state index in [1.54, 1.807) is 11.3 Å². The van der Waals surface area contributed by atoms with Crippen molar-refractivity contribution >= 4 is 34.0 Å². The molecule has 31 heavy (non-hydrogen) atoms. The predicted molar refractivity (Wildman–Crippen MR) is 123 cm³/mol. The minimum atomic E-state index is -0.158. The highest BCUT2D eigenvalue weighted by Crippen LogP contribution is 2.39. The van der Waals surface area contributed by atoms with Gasteiger partial charge in [0.15, 0.2) is 11.5 Å². The SMILES string of the molecule is Cc1[nH]c2ccccc2c1CCN(Cc1cccs1)C(=O)Nc1cccc2c1OCO2. The minimum absolute atomic E-state index is 0.158. The smallest absolute Gasteiger partial charge is 0.322 e. The second kappa shape index (κ2) is 8.35. The van der Waals surface area contributed by atoms with Gasteiger partial charge in [0.2, 0.25) is 6.79 Å². The number of ether oxygens (including phenoxy) is 2. The maximum absolute atomic E-state index is 13.3. The van der Waals surface area contributed by atoms with E-state index in [0.29, 0.717) is 30.3 Å². The van der Waals surface area contributed by atoms with E-state index in [2.05, 4.69) is 35.4 Å². The third-order valence-electron chi connectivity index (χ3n) is 5.51. The lowest BCUT2D eigenvalue weighted by Crippen LogP contribution is -2.36. The lowest BCUT2D eigenvalue weighted by molar-refractivity contribution is 0.174. The van der Waals surface area contributed by atoms with Gasteiger partial charge in [0.25, 0.3) is 0 Å². The molecule has 2 amide bonds. The molecule has 0 atom stereocenters. The summed E-state index contributed by atoms with van der Waals surface area (Å²) in [5.74, 6) is 1.23. The number of nitrogens with zero attached hydrogens (tertiary/aromatic N) is 1. The van der Waals surface area contributed by atoms with Gasteiger partial charge in [-0.25, -0.2) is 4.79 Å². The molecule has 1 aliphatic rings. The van der Waals surface area contributed by atoms with Crippen LogP contribution in [0.4, 0.5) is 10.5 Å². The van der Waals surface area contributed by atoms with E-state index in [4.69, 9.17) is 9.47 Å². The number of aromatic nitrogens is 1. The van der Waals surface area contributed by atoms with Crippen molar-refractivity contribution in [3.05, 3.63) is 76.1 Å². The number of aromatic amines is 1. The molecule has 0 unspecified atom stereocenters. The molecule has 0 saturated carbocycles. The van der Waals surface area contributed by atoms with Gasteiger partial charge in [0, 0.05) is 28.0 Å². The Morgan fingerprint density at radius 2 is 2.03 bits per heavy atom. The molecule has 1 aliphatic heterocycles. The van der Waals surface area contributed by atoms with E-state index in [1.165, 1.54) is 10.9 Å². The van der Waals surface area contributed by atoms with Crippen LogP contribution in [0.3, 0.4) is 0 Å². The number of benzene rings is 2. The normalized spacial score (nSPS) is 12.3. The third-order valence-corrected chi connectivity index (χ3v) is 6.37. The number of hydrogen-bond donors (Lipinski definition) is 2. The van der Waals surface area contributed by atoms with Crippen LogP contribution in [-0.4, -0.2) is 29.3 Å². The summed E-state index contributed by atoms with van der Waals surface area (Å²) in [7, 11) is 0. The molecule has 0 radical (unpaired) electrons. The number of carbonyl (C=O) groups is 1. The summed E-state index contributed by atoms with van der Waals surface area (Å²) in [6.45, 7) is 3.40. The number of fused-ring (bicyclic) bond motifs is 2.